The molecule has 0 unspecified atom stereocenters. The van der Waals surface area contributed by atoms with Crippen LogP contribution in [0.25, 0.3) is 0 Å². The van der Waals surface area contributed by atoms with Gasteiger partial charge in [-0.2, -0.15) is 0 Å². The molecule has 0 radical (unpaired) electrons. The van der Waals surface area contributed by atoms with Crippen LogP contribution < -0.4 is 0 Å². The first kappa shape index (κ1) is 18.9. The van der Waals surface area contributed by atoms with Crippen molar-refractivity contribution in [1.29, 1.82) is 0 Å². The molecule has 1 aliphatic rings. The molecular formula is C17H27N3O3S. The first-order chi connectivity index (χ1) is 11.2. The fraction of sp³-hybridized carbons (Fsp3) is 0.647. The monoisotopic (exact) mass is 353 g/mol. The van der Waals surface area contributed by atoms with E-state index in [2.05, 4.69) is 4.98 Å². The van der Waals surface area contributed by atoms with Gasteiger partial charge in [0.05, 0.1) is 18.0 Å². The molecule has 2 heterocycles. The fourth-order valence-corrected chi connectivity index (χ4v) is 4.26. The minimum absolute atomic E-state index is 0.0400. The van der Waals surface area contributed by atoms with Crippen LogP contribution in [0, 0.1) is 5.41 Å². The quantitative estimate of drug-likeness (QED) is 0.783. The van der Waals surface area contributed by atoms with E-state index < -0.39 is 15.4 Å². The third kappa shape index (κ3) is 5.01. The van der Waals surface area contributed by atoms with Gasteiger partial charge in [-0.1, -0.05) is 26.8 Å². The maximum absolute atomic E-state index is 12.7. The van der Waals surface area contributed by atoms with Crippen LogP contribution in [-0.4, -0.2) is 53.9 Å². The maximum Gasteiger partial charge on any atom is 0.228 e. The van der Waals surface area contributed by atoms with E-state index in [4.69, 9.17) is 0 Å². The molecule has 0 saturated carbocycles. The van der Waals surface area contributed by atoms with Crippen molar-refractivity contribution in [2.24, 2.45) is 5.41 Å². The molecule has 1 aromatic rings. The predicted molar refractivity (Wildman–Crippen MR) is 93.7 cm³/mol. The van der Waals surface area contributed by atoms with Crippen molar-refractivity contribution in [2.45, 2.75) is 40.2 Å². The molecule has 0 N–H and O–H groups in total. The van der Waals surface area contributed by atoms with Gasteiger partial charge < -0.3 is 4.90 Å². The summed E-state index contributed by atoms with van der Waals surface area (Å²) in [6.07, 6.45) is 3.51. The highest BCUT2D eigenvalue weighted by molar-refractivity contribution is 7.89. The maximum atomic E-state index is 12.7. The average Bonchev–Trinajstić information content (AvgIpc) is 3.06. The third-order valence-electron chi connectivity index (χ3n) is 4.09. The van der Waals surface area contributed by atoms with E-state index in [1.807, 2.05) is 39.0 Å². The summed E-state index contributed by atoms with van der Waals surface area (Å²) in [6.45, 7) is 7.23. The number of sulfonamides is 1. The van der Waals surface area contributed by atoms with Gasteiger partial charge in [0.2, 0.25) is 15.9 Å². The minimum Gasteiger partial charge on any atom is -0.335 e. The Morgan fingerprint density at radius 1 is 1.25 bits per heavy atom. The van der Waals surface area contributed by atoms with Gasteiger partial charge in [0.15, 0.2) is 0 Å². The molecule has 7 heteroatoms. The number of pyridine rings is 1. The van der Waals surface area contributed by atoms with Crippen LogP contribution in [0.2, 0.25) is 0 Å². The highest BCUT2D eigenvalue weighted by Gasteiger charge is 2.30. The Kier molecular flexibility index (Phi) is 5.98. The zero-order valence-electron chi connectivity index (χ0n) is 14.7. The Labute approximate surface area is 144 Å². The van der Waals surface area contributed by atoms with Gasteiger partial charge in [-0.25, -0.2) is 12.7 Å². The molecule has 0 spiro atoms. The van der Waals surface area contributed by atoms with E-state index in [-0.39, 0.29) is 18.2 Å². The number of hydrogen-bond acceptors (Lipinski definition) is 4. The number of amides is 1. The molecule has 2 rings (SSSR count). The SMILES string of the molecule is CC(C)(C)C(=O)N(CCS(=O)(=O)N1CCCC1)Cc1ccccn1. The van der Waals surface area contributed by atoms with Crippen LogP contribution in [0.3, 0.4) is 0 Å². The van der Waals surface area contributed by atoms with E-state index in [9.17, 15) is 13.2 Å². The Morgan fingerprint density at radius 3 is 2.46 bits per heavy atom. The molecule has 0 aromatic carbocycles. The normalized spacial score (nSPS) is 16.3. The van der Waals surface area contributed by atoms with Crippen LogP contribution in [-0.2, 0) is 21.4 Å². The van der Waals surface area contributed by atoms with E-state index in [0.29, 0.717) is 19.6 Å². The first-order valence-corrected chi connectivity index (χ1v) is 9.98. The summed E-state index contributed by atoms with van der Waals surface area (Å²) in [4.78, 5) is 18.6. The zero-order chi connectivity index (χ0) is 17.8. The molecule has 134 valence electrons. The highest BCUT2D eigenvalue weighted by Crippen LogP contribution is 2.20. The molecule has 24 heavy (non-hydrogen) atoms. The van der Waals surface area contributed by atoms with Crippen LogP contribution in [0.4, 0.5) is 0 Å². The predicted octanol–water partition coefficient (Wildman–Crippen LogP) is 1.88. The summed E-state index contributed by atoms with van der Waals surface area (Å²) in [5.41, 5.74) is 0.195. The van der Waals surface area contributed by atoms with Crippen molar-refractivity contribution in [3.05, 3.63) is 30.1 Å². The van der Waals surface area contributed by atoms with Crippen molar-refractivity contribution < 1.29 is 13.2 Å². The summed E-state index contributed by atoms with van der Waals surface area (Å²) >= 11 is 0. The third-order valence-corrected chi connectivity index (χ3v) is 5.94. The number of carbonyl (C=O) groups excluding carboxylic acids is 1. The highest BCUT2D eigenvalue weighted by atomic mass is 32.2. The van der Waals surface area contributed by atoms with Crippen LogP contribution in [0.15, 0.2) is 24.4 Å². The summed E-state index contributed by atoms with van der Waals surface area (Å²) in [6, 6.07) is 5.53. The van der Waals surface area contributed by atoms with Gasteiger partial charge in [0, 0.05) is 31.2 Å². The number of aromatic nitrogens is 1. The van der Waals surface area contributed by atoms with Crippen molar-refractivity contribution >= 4 is 15.9 Å². The standard InChI is InChI=1S/C17H27N3O3S/c1-17(2,3)16(21)19(14-15-8-4-5-9-18-15)12-13-24(22,23)20-10-6-7-11-20/h4-5,8-9H,6-7,10-14H2,1-3H3. The lowest BCUT2D eigenvalue weighted by Crippen LogP contribution is -2.43. The topological polar surface area (TPSA) is 70.6 Å². The van der Waals surface area contributed by atoms with Gasteiger partial charge in [0.1, 0.15) is 0 Å². The van der Waals surface area contributed by atoms with E-state index in [1.54, 1.807) is 11.1 Å². The Balaban J connectivity index is 2.09. The number of carbonyl (C=O) groups is 1. The number of nitrogens with zero attached hydrogens (tertiary/aromatic N) is 3. The van der Waals surface area contributed by atoms with Crippen LogP contribution in [0.5, 0.6) is 0 Å². The lowest BCUT2D eigenvalue weighted by atomic mass is 9.94. The Bertz CT molecular complexity index is 647. The van der Waals surface area contributed by atoms with Gasteiger partial charge in [0.25, 0.3) is 0 Å². The second-order valence-electron chi connectivity index (χ2n) is 7.22. The molecule has 0 aliphatic carbocycles. The second kappa shape index (κ2) is 7.61. The molecule has 0 bridgehead atoms. The van der Waals surface area contributed by atoms with Gasteiger partial charge in [-0.3, -0.25) is 9.78 Å². The molecule has 1 aromatic heterocycles. The Hall–Kier alpha value is -1.47. The van der Waals surface area contributed by atoms with Crippen LogP contribution in [0.1, 0.15) is 39.3 Å². The molecular weight excluding hydrogens is 326 g/mol. The molecule has 1 amide bonds. The number of rotatable bonds is 6. The molecule has 6 nitrogen and oxygen atoms in total. The zero-order valence-corrected chi connectivity index (χ0v) is 15.6. The van der Waals surface area contributed by atoms with Crippen molar-refractivity contribution in [1.82, 2.24) is 14.2 Å². The smallest absolute Gasteiger partial charge is 0.228 e. The number of hydrogen-bond donors (Lipinski definition) is 0. The lowest BCUT2D eigenvalue weighted by Gasteiger charge is -2.30. The van der Waals surface area contributed by atoms with E-state index in [0.717, 1.165) is 18.5 Å². The molecule has 1 aliphatic heterocycles. The average molecular weight is 353 g/mol. The Morgan fingerprint density at radius 2 is 1.92 bits per heavy atom. The molecule has 1 fully saturated rings. The van der Waals surface area contributed by atoms with Crippen molar-refractivity contribution in [3.63, 3.8) is 0 Å². The van der Waals surface area contributed by atoms with Crippen molar-refractivity contribution in [2.75, 3.05) is 25.4 Å². The largest absolute Gasteiger partial charge is 0.335 e. The second-order valence-corrected chi connectivity index (χ2v) is 9.31. The van der Waals surface area contributed by atoms with Crippen LogP contribution >= 0.6 is 0 Å². The summed E-state index contributed by atoms with van der Waals surface area (Å²) in [7, 11) is -3.31. The molecule has 1 saturated heterocycles. The van der Waals surface area contributed by atoms with E-state index in [1.165, 1.54) is 4.31 Å². The summed E-state index contributed by atoms with van der Waals surface area (Å²) in [5.74, 6) is -0.105. The van der Waals surface area contributed by atoms with Gasteiger partial charge in [-0.05, 0) is 25.0 Å². The van der Waals surface area contributed by atoms with E-state index >= 15 is 0 Å². The van der Waals surface area contributed by atoms with Gasteiger partial charge >= 0.3 is 0 Å². The molecule has 0 atom stereocenters. The first-order valence-electron chi connectivity index (χ1n) is 8.37. The minimum atomic E-state index is -3.31. The lowest BCUT2D eigenvalue weighted by molar-refractivity contribution is -0.139. The summed E-state index contributed by atoms with van der Waals surface area (Å²) in [5, 5.41) is 0. The van der Waals surface area contributed by atoms with Crippen molar-refractivity contribution in [3.8, 4) is 0 Å². The fourth-order valence-electron chi connectivity index (χ4n) is 2.73. The van der Waals surface area contributed by atoms with Gasteiger partial charge in [-0.15, -0.1) is 0 Å². The summed E-state index contributed by atoms with van der Waals surface area (Å²) < 4.78 is 26.4.